The fraction of sp³-hybridized carbons (Fsp3) is 0.800. The molecular formula is C25H41N3O8. The van der Waals surface area contributed by atoms with Crippen molar-refractivity contribution in [1.29, 1.82) is 5.26 Å². The molecule has 0 fully saturated rings. The van der Waals surface area contributed by atoms with Gasteiger partial charge in [0.2, 0.25) is 6.08 Å². The molecule has 0 N–H and O–H groups in total. The Kier molecular flexibility index (Phi) is 23.1. The molecule has 0 aromatic heterocycles. The molecule has 0 aromatic carbocycles. The lowest BCUT2D eigenvalue weighted by Gasteiger charge is -2.20. The summed E-state index contributed by atoms with van der Waals surface area (Å²) in [7, 11) is 0. The van der Waals surface area contributed by atoms with Crippen molar-refractivity contribution in [2.45, 2.75) is 90.4 Å². The molecule has 0 aromatic rings. The molecule has 0 amide bonds. The van der Waals surface area contributed by atoms with Crippen LogP contribution >= 0.6 is 0 Å². The van der Waals surface area contributed by atoms with Crippen molar-refractivity contribution in [3.63, 3.8) is 0 Å². The highest BCUT2D eigenvalue weighted by Crippen LogP contribution is 2.09. The Morgan fingerprint density at radius 3 is 2.03 bits per heavy atom. The third kappa shape index (κ3) is 22.8. The summed E-state index contributed by atoms with van der Waals surface area (Å²) < 4.78 is 14.8. The lowest BCUT2D eigenvalue weighted by molar-refractivity contribution is -0.195. The maximum Gasteiger partial charge on any atom is 0.325 e. The van der Waals surface area contributed by atoms with E-state index in [0.29, 0.717) is 32.4 Å². The van der Waals surface area contributed by atoms with E-state index < -0.39 is 11.9 Å². The monoisotopic (exact) mass is 511 g/mol. The minimum absolute atomic E-state index is 0.0450. The van der Waals surface area contributed by atoms with Gasteiger partial charge in [0.25, 0.3) is 6.26 Å². The molecule has 0 aliphatic carbocycles. The number of hydroxylamine groups is 2. The average molecular weight is 512 g/mol. The molecule has 36 heavy (non-hydrogen) atoms. The zero-order chi connectivity index (χ0) is 26.7. The van der Waals surface area contributed by atoms with E-state index in [9.17, 15) is 19.2 Å². The highest BCUT2D eigenvalue weighted by molar-refractivity contribution is 5.70. The Balaban J connectivity index is 4.18. The van der Waals surface area contributed by atoms with Crippen molar-refractivity contribution in [2.75, 3.05) is 39.5 Å². The predicted molar refractivity (Wildman–Crippen MR) is 130 cm³/mol. The van der Waals surface area contributed by atoms with Crippen molar-refractivity contribution >= 4 is 24.0 Å². The first-order valence-electron chi connectivity index (χ1n) is 12.8. The first-order valence-corrected chi connectivity index (χ1v) is 12.8. The SMILES string of the molecule is CCOC(=O)CCN(CCOC(=O)CCCCCCCN=C=O)OC(=O)CCCCCCCOC#N. The number of carbonyl (C=O) groups excluding carboxylic acids is 4. The van der Waals surface area contributed by atoms with Gasteiger partial charge in [-0.15, -0.1) is 5.06 Å². The topological polar surface area (TPSA) is 145 Å². The van der Waals surface area contributed by atoms with Crippen molar-refractivity contribution in [2.24, 2.45) is 4.99 Å². The first-order chi connectivity index (χ1) is 17.5. The lowest BCUT2D eigenvalue weighted by Crippen LogP contribution is -2.33. The van der Waals surface area contributed by atoms with E-state index in [2.05, 4.69) is 9.73 Å². The zero-order valence-corrected chi connectivity index (χ0v) is 21.5. The van der Waals surface area contributed by atoms with Crippen LogP contribution in [0, 0.1) is 11.5 Å². The van der Waals surface area contributed by atoms with Crippen molar-refractivity contribution < 1.29 is 38.2 Å². The highest BCUT2D eigenvalue weighted by atomic mass is 16.7. The van der Waals surface area contributed by atoms with E-state index in [0.717, 1.165) is 51.4 Å². The first kappa shape index (κ1) is 33.0. The van der Waals surface area contributed by atoms with Gasteiger partial charge in [-0.25, -0.2) is 9.79 Å². The van der Waals surface area contributed by atoms with Crippen LogP contribution in [0.25, 0.3) is 0 Å². The molecule has 0 heterocycles. The van der Waals surface area contributed by atoms with E-state index in [4.69, 9.17) is 19.6 Å². The van der Waals surface area contributed by atoms with Gasteiger partial charge in [0.05, 0.1) is 26.1 Å². The summed E-state index contributed by atoms with van der Waals surface area (Å²) in [6, 6.07) is 0. The predicted octanol–water partition coefficient (Wildman–Crippen LogP) is 3.76. The van der Waals surface area contributed by atoms with Crippen LogP contribution in [0.1, 0.15) is 90.4 Å². The number of hydrogen-bond acceptors (Lipinski definition) is 11. The summed E-state index contributed by atoms with van der Waals surface area (Å²) in [5.41, 5.74) is 0. The van der Waals surface area contributed by atoms with Crippen LogP contribution in [0.2, 0.25) is 0 Å². The fourth-order valence-corrected chi connectivity index (χ4v) is 3.23. The second kappa shape index (κ2) is 25.1. The molecule has 0 aliphatic heterocycles. The summed E-state index contributed by atoms with van der Waals surface area (Å²) in [5, 5.41) is 9.65. The smallest absolute Gasteiger partial charge is 0.325 e. The molecule has 0 aliphatic rings. The number of esters is 2. The number of isocyanates is 1. The van der Waals surface area contributed by atoms with Gasteiger partial charge in [0, 0.05) is 19.4 Å². The molecule has 0 rings (SSSR count). The summed E-state index contributed by atoms with van der Waals surface area (Å²) in [6.07, 6.45) is 12.2. The number of nitrogens with zero attached hydrogens (tertiary/aromatic N) is 3. The van der Waals surface area contributed by atoms with Crippen LogP contribution in [0.3, 0.4) is 0 Å². The number of unbranched alkanes of at least 4 members (excludes halogenated alkanes) is 8. The van der Waals surface area contributed by atoms with Crippen molar-refractivity contribution in [3.8, 4) is 6.26 Å². The maximum absolute atomic E-state index is 12.2. The highest BCUT2D eigenvalue weighted by Gasteiger charge is 2.15. The molecule has 0 radical (unpaired) electrons. The molecular weight excluding hydrogens is 470 g/mol. The summed E-state index contributed by atoms with van der Waals surface area (Å²) in [6.45, 7) is 3.24. The van der Waals surface area contributed by atoms with Crippen LogP contribution in [-0.2, 0) is 38.2 Å². The Labute approximate surface area is 214 Å². The van der Waals surface area contributed by atoms with Gasteiger partial charge < -0.3 is 19.0 Å². The maximum atomic E-state index is 12.2. The second-order valence-corrected chi connectivity index (χ2v) is 8.12. The minimum Gasteiger partial charge on any atom is -0.466 e. The molecule has 0 atom stereocenters. The number of ether oxygens (including phenoxy) is 3. The van der Waals surface area contributed by atoms with E-state index in [1.807, 2.05) is 0 Å². The standard InChI is InChI=1S/C25H41N3O8/c1-2-34-24(31)15-17-28(36-25(32)14-10-6-4-8-12-19-33-21-26)18-20-35-23(30)13-9-5-3-7-11-16-27-22-29/h2-20H2,1H3. The minimum atomic E-state index is -0.406. The van der Waals surface area contributed by atoms with Crippen LogP contribution < -0.4 is 0 Å². The summed E-state index contributed by atoms with van der Waals surface area (Å²) >= 11 is 0. The molecule has 11 heteroatoms. The van der Waals surface area contributed by atoms with E-state index in [1.54, 1.807) is 13.2 Å². The number of hydrogen-bond donors (Lipinski definition) is 0. The largest absolute Gasteiger partial charge is 0.466 e. The van der Waals surface area contributed by atoms with Gasteiger partial charge >= 0.3 is 17.9 Å². The van der Waals surface area contributed by atoms with Crippen LogP contribution in [-0.4, -0.2) is 68.5 Å². The summed E-state index contributed by atoms with van der Waals surface area (Å²) in [4.78, 5) is 54.7. The fourth-order valence-electron chi connectivity index (χ4n) is 3.23. The van der Waals surface area contributed by atoms with Gasteiger partial charge in [-0.1, -0.05) is 38.5 Å². The van der Waals surface area contributed by atoms with Crippen LogP contribution in [0.5, 0.6) is 0 Å². The van der Waals surface area contributed by atoms with Gasteiger partial charge in [-0.05, 0) is 32.6 Å². The zero-order valence-electron chi connectivity index (χ0n) is 21.5. The van der Waals surface area contributed by atoms with E-state index >= 15 is 0 Å². The van der Waals surface area contributed by atoms with Crippen LogP contribution in [0.15, 0.2) is 4.99 Å². The number of nitriles is 1. The number of aliphatic imine (C=N–C) groups is 1. The molecule has 0 bridgehead atoms. The third-order valence-corrected chi connectivity index (χ3v) is 5.11. The molecule has 0 saturated heterocycles. The van der Waals surface area contributed by atoms with Gasteiger partial charge in [-0.3, -0.25) is 14.4 Å². The van der Waals surface area contributed by atoms with E-state index in [1.165, 1.54) is 11.1 Å². The van der Waals surface area contributed by atoms with Gasteiger partial charge in [0.1, 0.15) is 13.2 Å². The Morgan fingerprint density at radius 2 is 1.36 bits per heavy atom. The summed E-state index contributed by atoms with van der Waals surface area (Å²) in [5.74, 6) is -1.12. The van der Waals surface area contributed by atoms with Crippen LogP contribution in [0.4, 0.5) is 0 Å². The third-order valence-electron chi connectivity index (χ3n) is 5.11. The van der Waals surface area contributed by atoms with Gasteiger partial charge in [0.15, 0.2) is 0 Å². The lowest BCUT2D eigenvalue weighted by atomic mass is 10.1. The van der Waals surface area contributed by atoms with Crippen molar-refractivity contribution in [1.82, 2.24) is 5.06 Å². The number of carbonyl (C=O) groups is 3. The molecule has 0 unspecified atom stereocenters. The Bertz CT molecular complexity index is 689. The normalized spacial score (nSPS) is 10.2. The molecule has 0 spiro atoms. The quantitative estimate of drug-likeness (QED) is 0.0469. The van der Waals surface area contributed by atoms with Gasteiger partial charge in [-0.2, -0.15) is 5.26 Å². The Hall–Kier alpha value is -2.96. The molecule has 204 valence electrons. The van der Waals surface area contributed by atoms with E-state index in [-0.39, 0.29) is 45.1 Å². The molecule has 0 saturated carbocycles. The molecule has 11 nitrogen and oxygen atoms in total. The Morgan fingerprint density at radius 1 is 0.750 bits per heavy atom. The second-order valence-electron chi connectivity index (χ2n) is 8.12. The average Bonchev–Trinajstić information content (AvgIpc) is 2.86. The number of rotatable bonds is 24. The van der Waals surface area contributed by atoms with Crippen molar-refractivity contribution in [3.05, 3.63) is 0 Å².